The molecule has 0 aliphatic carbocycles. The van der Waals surface area contributed by atoms with E-state index < -0.39 is 0 Å². The number of carbonyl (C=O) groups excluding carboxylic acids is 1. The van der Waals surface area contributed by atoms with E-state index in [1.165, 1.54) is 0 Å². The lowest BCUT2D eigenvalue weighted by molar-refractivity contribution is 0.0787. The Kier molecular flexibility index (Phi) is 3.72. The second-order valence-electron chi connectivity index (χ2n) is 4.37. The molecule has 1 aromatic carbocycles. The summed E-state index contributed by atoms with van der Waals surface area (Å²) in [7, 11) is 3.12. The standard InChI is InChI=1S/C13H18N2O3/c1-17-10-3-4-12(18-2)11(7-10)13(16)15-6-5-9(14)8-15/h3-4,7,9H,5-6,8,14H2,1-2H3/t9-/m0/s1. The number of ether oxygens (including phenoxy) is 2. The van der Waals surface area contributed by atoms with Gasteiger partial charge in [-0.15, -0.1) is 0 Å². The quantitative estimate of drug-likeness (QED) is 0.864. The first kappa shape index (κ1) is 12.7. The number of methoxy groups -OCH3 is 2. The molecule has 0 unspecified atom stereocenters. The van der Waals surface area contributed by atoms with E-state index in [0.29, 0.717) is 30.2 Å². The van der Waals surface area contributed by atoms with Crippen molar-refractivity contribution in [3.8, 4) is 11.5 Å². The van der Waals surface area contributed by atoms with Gasteiger partial charge in [-0.1, -0.05) is 0 Å². The van der Waals surface area contributed by atoms with Gasteiger partial charge < -0.3 is 20.1 Å². The van der Waals surface area contributed by atoms with Crippen LogP contribution in [0.25, 0.3) is 0 Å². The third-order valence-electron chi connectivity index (χ3n) is 3.15. The van der Waals surface area contributed by atoms with Crippen LogP contribution in [0.4, 0.5) is 0 Å². The third-order valence-corrected chi connectivity index (χ3v) is 3.15. The molecule has 1 fully saturated rings. The second-order valence-corrected chi connectivity index (χ2v) is 4.37. The number of hydrogen-bond donors (Lipinski definition) is 1. The first-order valence-electron chi connectivity index (χ1n) is 5.92. The largest absolute Gasteiger partial charge is 0.497 e. The molecule has 0 spiro atoms. The number of likely N-dealkylation sites (tertiary alicyclic amines) is 1. The molecule has 0 bridgehead atoms. The van der Waals surface area contributed by atoms with Crippen molar-refractivity contribution in [2.45, 2.75) is 12.5 Å². The number of nitrogens with two attached hydrogens (primary N) is 1. The van der Waals surface area contributed by atoms with Gasteiger partial charge in [-0.25, -0.2) is 0 Å². The van der Waals surface area contributed by atoms with E-state index in [-0.39, 0.29) is 11.9 Å². The van der Waals surface area contributed by atoms with Gasteiger partial charge in [0.05, 0.1) is 19.8 Å². The van der Waals surface area contributed by atoms with Crippen LogP contribution in [0.2, 0.25) is 0 Å². The Morgan fingerprint density at radius 1 is 1.39 bits per heavy atom. The highest BCUT2D eigenvalue weighted by Gasteiger charge is 2.26. The predicted molar refractivity (Wildman–Crippen MR) is 68.0 cm³/mol. The van der Waals surface area contributed by atoms with Crippen LogP contribution in [0.5, 0.6) is 11.5 Å². The summed E-state index contributed by atoms with van der Waals surface area (Å²) in [4.78, 5) is 14.1. The molecule has 2 N–H and O–H groups in total. The summed E-state index contributed by atoms with van der Waals surface area (Å²) in [6.45, 7) is 1.29. The highest BCUT2D eigenvalue weighted by Crippen LogP contribution is 2.26. The van der Waals surface area contributed by atoms with Crippen molar-refractivity contribution in [3.05, 3.63) is 23.8 Å². The number of amides is 1. The molecule has 0 saturated carbocycles. The maximum absolute atomic E-state index is 12.4. The van der Waals surface area contributed by atoms with Crippen molar-refractivity contribution in [2.24, 2.45) is 5.73 Å². The van der Waals surface area contributed by atoms with E-state index in [4.69, 9.17) is 15.2 Å². The van der Waals surface area contributed by atoms with Gasteiger partial charge in [0.25, 0.3) is 5.91 Å². The summed E-state index contributed by atoms with van der Waals surface area (Å²) < 4.78 is 10.4. The van der Waals surface area contributed by atoms with Crippen molar-refractivity contribution >= 4 is 5.91 Å². The topological polar surface area (TPSA) is 64.8 Å². The van der Waals surface area contributed by atoms with Crippen LogP contribution < -0.4 is 15.2 Å². The Hall–Kier alpha value is -1.75. The Morgan fingerprint density at radius 3 is 2.72 bits per heavy atom. The fraction of sp³-hybridized carbons (Fsp3) is 0.462. The van der Waals surface area contributed by atoms with Crippen LogP contribution in [0.3, 0.4) is 0 Å². The van der Waals surface area contributed by atoms with E-state index in [1.807, 2.05) is 0 Å². The molecule has 1 aromatic rings. The number of nitrogens with zero attached hydrogens (tertiary/aromatic N) is 1. The second kappa shape index (κ2) is 5.27. The van der Waals surface area contributed by atoms with Crippen LogP contribution in [-0.4, -0.2) is 44.2 Å². The monoisotopic (exact) mass is 250 g/mol. The lowest BCUT2D eigenvalue weighted by Crippen LogP contribution is -2.32. The summed E-state index contributed by atoms with van der Waals surface area (Å²) in [5, 5.41) is 0. The minimum absolute atomic E-state index is 0.0568. The maximum Gasteiger partial charge on any atom is 0.257 e. The highest BCUT2D eigenvalue weighted by molar-refractivity contribution is 5.97. The fourth-order valence-corrected chi connectivity index (χ4v) is 2.12. The van der Waals surface area contributed by atoms with E-state index in [2.05, 4.69) is 0 Å². The zero-order chi connectivity index (χ0) is 13.1. The summed E-state index contributed by atoms with van der Waals surface area (Å²) in [6.07, 6.45) is 0.845. The first-order valence-corrected chi connectivity index (χ1v) is 5.92. The van der Waals surface area contributed by atoms with E-state index in [9.17, 15) is 4.79 Å². The molecule has 1 heterocycles. The Labute approximate surface area is 106 Å². The molecule has 5 heteroatoms. The van der Waals surface area contributed by atoms with Gasteiger partial charge in [0, 0.05) is 19.1 Å². The summed E-state index contributed by atoms with van der Waals surface area (Å²) >= 11 is 0. The molecule has 1 amide bonds. The third kappa shape index (κ3) is 2.41. The van der Waals surface area contributed by atoms with E-state index in [0.717, 1.165) is 6.42 Å². The van der Waals surface area contributed by atoms with Crippen molar-refractivity contribution in [1.29, 1.82) is 0 Å². The minimum Gasteiger partial charge on any atom is -0.497 e. The smallest absolute Gasteiger partial charge is 0.257 e. The molecule has 5 nitrogen and oxygen atoms in total. The molecular formula is C13H18N2O3. The summed E-state index contributed by atoms with van der Waals surface area (Å²) in [5.41, 5.74) is 6.34. The van der Waals surface area contributed by atoms with Crippen molar-refractivity contribution in [3.63, 3.8) is 0 Å². The Morgan fingerprint density at radius 2 is 2.17 bits per heavy atom. The molecule has 1 aliphatic rings. The average Bonchev–Trinajstić information content (AvgIpc) is 2.83. The van der Waals surface area contributed by atoms with E-state index >= 15 is 0 Å². The maximum atomic E-state index is 12.4. The molecule has 2 rings (SSSR count). The summed E-state index contributed by atoms with van der Waals surface area (Å²) in [6, 6.07) is 5.28. The normalized spacial score (nSPS) is 18.8. The highest BCUT2D eigenvalue weighted by atomic mass is 16.5. The molecule has 98 valence electrons. The van der Waals surface area contributed by atoms with E-state index in [1.54, 1.807) is 37.3 Å². The number of benzene rings is 1. The fourth-order valence-electron chi connectivity index (χ4n) is 2.12. The van der Waals surface area contributed by atoms with Crippen LogP contribution in [-0.2, 0) is 0 Å². The molecule has 1 saturated heterocycles. The van der Waals surface area contributed by atoms with Gasteiger partial charge in [-0.05, 0) is 24.6 Å². The molecular weight excluding hydrogens is 232 g/mol. The SMILES string of the molecule is COc1ccc(OC)c(C(=O)N2CC[C@H](N)C2)c1. The Bertz CT molecular complexity index is 448. The molecule has 0 aromatic heterocycles. The van der Waals surface area contributed by atoms with Gasteiger partial charge in [-0.2, -0.15) is 0 Å². The first-order chi connectivity index (χ1) is 8.65. The number of hydrogen-bond acceptors (Lipinski definition) is 4. The zero-order valence-corrected chi connectivity index (χ0v) is 10.7. The molecule has 1 aliphatic heterocycles. The van der Waals surface area contributed by atoms with Gasteiger partial charge in [-0.3, -0.25) is 4.79 Å². The van der Waals surface area contributed by atoms with Gasteiger partial charge >= 0.3 is 0 Å². The van der Waals surface area contributed by atoms with Gasteiger partial charge in [0.1, 0.15) is 11.5 Å². The molecule has 0 radical (unpaired) electrons. The number of carbonyl (C=O) groups is 1. The molecule has 1 atom stereocenters. The van der Waals surface area contributed by atoms with Gasteiger partial charge in [0.2, 0.25) is 0 Å². The average molecular weight is 250 g/mol. The lowest BCUT2D eigenvalue weighted by atomic mass is 10.1. The minimum atomic E-state index is -0.0568. The van der Waals surface area contributed by atoms with Gasteiger partial charge in [0.15, 0.2) is 0 Å². The number of rotatable bonds is 3. The lowest BCUT2D eigenvalue weighted by Gasteiger charge is -2.18. The van der Waals surface area contributed by atoms with Crippen molar-refractivity contribution in [1.82, 2.24) is 4.90 Å². The van der Waals surface area contributed by atoms with Crippen LogP contribution in [0.15, 0.2) is 18.2 Å². The van der Waals surface area contributed by atoms with Crippen LogP contribution in [0.1, 0.15) is 16.8 Å². The van der Waals surface area contributed by atoms with Crippen molar-refractivity contribution < 1.29 is 14.3 Å². The summed E-state index contributed by atoms with van der Waals surface area (Å²) in [5.74, 6) is 1.14. The molecule has 18 heavy (non-hydrogen) atoms. The predicted octanol–water partition coefficient (Wildman–Crippen LogP) is 0.877. The van der Waals surface area contributed by atoms with Crippen LogP contribution in [0, 0.1) is 0 Å². The van der Waals surface area contributed by atoms with Crippen LogP contribution >= 0.6 is 0 Å². The Balaban J connectivity index is 2.27. The zero-order valence-electron chi connectivity index (χ0n) is 10.7. The van der Waals surface area contributed by atoms with Crippen molar-refractivity contribution in [2.75, 3.05) is 27.3 Å².